The lowest BCUT2D eigenvalue weighted by molar-refractivity contribution is 1.53. The lowest BCUT2D eigenvalue weighted by atomic mass is 10.1. The number of H-pyrrole nitrogens is 1. The Kier molecular flexibility index (Phi) is 2.07. The minimum atomic E-state index is 0.840. The molecule has 3 heteroatoms. The summed E-state index contributed by atoms with van der Waals surface area (Å²) < 4.78 is 0. The van der Waals surface area contributed by atoms with Crippen molar-refractivity contribution in [2.24, 2.45) is 4.99 Å². The summed E-state index contributed by atoms with van der Waals surface area (Å²) in [4.78, 5) is 7.35. The molecule has 0 spiro atoms. The minimum absolute atomic E-state index is 0.840. The van der Waals surface area contributed by atoms with E-state index in [0.29, 0.717) is 0 Å². The van der Waals surface area contributed by atoms with Crippen molar-refractivity contribution in [3.63, 3.8) is 0 Å². The van der Waals surface area contributed by atoms with Crippen LogP contribution in [0, 0.1) is 0 Å². The van der Waals surface area contributed by atoms with Gasteiger partial charge in [-0.1, -0.05) is 18.2 Å². The second kappa shape index (κ2) is 3.56. The summed E-state index contributed by atoms with van der Waals surface area (Å²) >= 11 is 4.61. The number of fused-ring (bicyclic) bond motifs is 3. The van der Waals surface area contributed by atoms with Crippen LogP contribution in [0.1, 0.15) is 0 Å². The molecule has 0 saturated carbocycles. The normalized spacial score (nSPS) is 10.5. The number of nitrogens with one attached hydrogen (secondary N) is 1. The number of thiocarbonyl (C=S) groups is 1. The Morgan fingerprint density at radius 2 is 1.81 bits per heavy atom. The number of para-hydroxylation sites is 1. The van der Waals surface area contributed by atoms with E-state index in [2.05, 4.69) is 39.5 Å². The van der Waals surface area contributed by atoms with E-state index in [-0.39, 0.29) is 0 Å². The van der Waals surface area contributed by atoms with Crippen LogP contribution in [0.15, 0.2) is 47.5 Å². The first-order valence-corrected chi connectivity index (χ1v) is 5.37. The number of isothiocyanates is 1. The molecule has 0 atom stereocenters. The smallest absolute Gasteiger partial charge is 0.0747 e. The lowest BCUT2D eigenvalue weighted by Gasteiger charge is -1.92. The van der Waals surface area contributed by atoms with E-state index in [1.165, 1.54) is 10.8 Å². The Labute approximate surface area is 97.6 Å². The Bertz CT molecular complexity index is 721. The van der Waals surface area contributed by atoms with E-state index in [0.717, 1.165) is 16.7 Å². The minimum Gasteiger partial charge on any atom is -0.355 e. The van der Waals surface area contributed by atoms with Crippen LogP contribution >= 0.6 is 12.2 Å². The molecular formula is C13H8N2S. The van der Waals surface area contributed by atoms with Gasteiger partial charge in [0.15, 0.2) is 0 Å². The molecule has 0 aliphatic carbocycles. The Balaban J connectivity index is 2.44. The summed E-state index contributed by atoms with van der Waals surface area (Å²) in [6.45, 7) is 0. The standard InChI is InChI=1S/C13H8N2S/c16-8-14-9-5-6-13-11(7-9)10-3-1-2-4-12(10)15-13/h1-7,15H. The summed E-state index contributed by atoms with van der Waals surface area (Å²) in [6.07, 6.45) is 0. The predicted molar refractivity (Wildman–Crippen MR) is 70.5 cm³/mol. The SMILES string of the molecule is S=C=Nc1ccc2[nH]c3ccccc3c2c1. The third-order valence-corrected chi connectivity index (χ3v) is 2.76. The van der Waals surface area contributed by atoms with E-state index in [4.69, 9.17) is 0 Å². The average molecular weight is 224 g/mol. The van der Waals surface area contributed by atoms with Gasteiger partial charge in [0.25, 0.3) is 0 Å². The number of nitrogens with zero attached hydrogens (tertiary/aromatic N) is 1. The molecule has 2 aromatic carbocycles. The van der Waals surface area contributed by atoms with Gasteiger partial charge in [-0.05, 0) is 36.5 Å². The molecule has 2 nitrogen and oxygen atoms in total. The molecule has 1 N–H and O–H groups in total. The van der Waals surface area contributed by atoms with Crippen molar-refractivity contribution >= 4 is 44.9 Å². The fourth-order valence-corrected chi connectivity index (χ4v) is 2.06. The van der Waals surface area contributed by atoms with E-state index in [9.17, 15) is 0 Å². The summed E-state index contributed by atoms with van der Waals surface area (Å²) in [5, 5.41) is 4.76. The number of aromatic amines is 1. The van der Waals surface area contributed by atoms with Gasteiger partial charge in [0.1, 0.15) is 0 Å². The summed E-state index contributed by atoms with van der Waals surface area (Å²) in [5.41, 5.74) is 3.10. The van der Waals surface area contributed by atoms with Crippen molar-refractivity contribution in [3.8, 4) is 0 Å². The molecule has 0 unspecified atom stereocenters. The van der Waals surface area contributed by atoms with E-state index in [1.54, 1.807) is 0 Å². The van der Waals surface area contributed by atoms with Crippen LogP contribution in [0.5, 0.6) is 0 Å². The van der Waals surface area contributed by atoms with Gasteiger partial charge in [-0.2, -0.15) is 4.99 Å². The van der Waals surface area contributed by atoms with E-state index >= 15 is 0 Å². The first-order chi connectivity index (χ1) is 7.88. The van der Waals surface area contributed by atoms with Crippen molar-refractivity contribution in [1.29, 1.82) is 0 Å². The van der Waals surface area contributed by atoms with E-state index < -0.39 is 0 Å². The third kappa shape index (κ3) is 1.34. The van der Waals surface area contributed by atoms with Crippen molar-refractivity contribution < 1.29 is 0 Å². The summed E-state index contributed by atoms with van der Waals surface area (Å²) in [5.74, 6) is 0. The van der Waals surface area contributed by atoms with E-state index in [1.807, 2.05) is 30.3 Å². The van der Waals surface area contributed by atoms with Crippen LogP contribution in [0.25, 0.3) is 21.8 Å². The Morgan fingerprint density at radius 3 is 2.69 bits per heavy atom. The fourth-order valence-electron chi connectivity index (χ4n) is 1.96. The van der Waals surface area contributed by atoms with Crippen LogP contribution < -0.4 is 0 Å². The van der Waals surface area contributed by atoms with Gasteiger partial charge in [0, 0.05) is 21.8 Å². The Hall–Kier alpha value is -1.96. The monoisotopic (exact) mass is 224 g/mol. The van der Waals surface area contributed by atoms with Gasteiger partial charge >= 0.3 is 0 Å². The first kappa shape index (κ1) is 9.28. The number of aliphatic imine (C=N–C) groups is 1. The number of benzene rings is 2. The average Bonchev–Trinajstić information content (AvgIpc) is 2.68. The zero-order chi connectivity index (χ0) is 11.0. The highest BCUT2D eigenvalue weighted by molar-refractivity contribution is 7.78. The fraction of sp³-hybridized carbons (Fsp3) is 0. The molecule has 76 valence electrons. The van der Waals surface area contributed by atoms with Crippen molar-refractivity contribution in [2.75, 3.05) is 0 Å². The first-order valence-electron chi connectivity index (χ1n) is 4.97. The molecule has 3 aromatic rings. The number of aromatic nitrogens is 1. The van der Waals surface area contributed by atoms with Gasteiger partial charge in [0.05, 0.1) is 10.8 Å². The van der Waals surface area contributed by atoms with Crippen molar-refractivity contribution in [1.82, 2.24) is 4.98 Å². The molecule has 16 heavy (non-hydrogen) atoms. The van der Waals surface area contributed by atoms with Gasteiger partial charge < -0.3 is 4.98 Å². The van der Waals surface area contributed by atoms with Crippen molar-refractivity contribution in [2.45, 2.75) is 0 Å². The van der Waals surface area contributed by atoms with Gasteiger partial charge in [-0.15, -0.1) is 0 Å². The van der Waals surface area contributed by atoms with Crippen LogP contribution in [0.2, 0.25) is 0 Å². The van der Waals surface area contributed by atoms with Gasteiger partial charge in [-0.3, -0.25) is 0 Å². The van der Waals surface area contributed by atoms with Crippen LogP contribution in [0.4, 0.5) is 5.69 Å². The molecule has 0 amide bonds. The molecule has 3 rings (SSSR count). The molecule has 0 aliphatic rings. The molecule has 0 aliphatic heterocycles. The largest absolute Gasteiger partial charge is 0.355 e. The van der Waals surface area contributed by atoms with Gasteiger partial charge in [-0.25, -0.2) is 0 Å². The molecule has 0 saturated heterocycles. The second-order valence-corrected chi connectivity index (χ2v) is 3.79. The quantitative estimate of drug-likeness (QED) is 0.490. The number of rotatable bonds is 1. The highest BCUT2D eigenvalue weighted by atomic mass is 32.1. The molecule has 0 fully saturated rings. The molecule has 0 bridgehead atoms. The summed E-state index contributed by atoms with van der Waals surface area (Å²) in [7, 11) is 0. The predicted octanol–water partition coefficient (Wildman–Crippen LogP) is 4.06. The topological polar surface area (TPSA) is 28.1 Å². The Morgan fingerprint density at radius 1 is 1.00 bits per heavy atom. The zero-order valence-corrected chi connectivity index (χ0v) is 9.21. The maximum absolute atomic E-state index is 4.61. The maximum Gasteiger partial charge on any atom is 0.0747 e. The van der Waals surface area contributed by atoms with Crippen LogP contribution in [-0.4, -0.2) is 10.1 Å². The van der Waals surface area contributed by atoms with Crippen molar-refractivity contribution in [3.05, 3.63) is 42.5 Å². The highest BCUT2D eigenvalue weighted by Gasteiger charge is 2.03. The number of hydrogen-bond donors (Lipinski definition) is 1. The zero-order valence-electron chi connectivity index (χ0n) is 8.40. The molecule has 1 aromatic heterocycles. The highest BCUT2D eigenvalue weighted by Crippen LogP contribution is 2.28. The second-order valence-electron chi connectivity index (χ2n) is 3.60. The maximum atomic E-state index is 4.61. The molecule has 1 heterocycles. The lowest BCUT2D eigenvalue weighted by Crippen LogP contribution is -1.67. The third-order valence-electron chi connectivity index (χ3n) is 2.66. The summed E-state index contributed by atoms with van der Waals surface area (Å²) in [6, 6.07) is 14.2. The van der Waals surface area contributed by atoms with Gasteiger partial charge in [0.2, 0.25) is 0 Å². The molecule has 0 radical (unpaired) electrons. The van der Waals surface area contributed by atoms with Crippen LogP contribution in [-0.2, 0) is 0 Å². The number of hydrogen-bond acceptors (Lipinski definition) is 2. The molecular weight excluding hydrogens is 216 g/mol. The van der Waals surface area contributed by atoms with Crippen LogP contribution in [0.3, 0.4) is 0 Å².